The molecule has 1 fully saturated rings. The van der Waals surface area contributed by atoms with Crippen LogP contribution in [0.25, 0.3) is 0 Å². The Morgan fingerprint density at radius 1 is 1.38 bits per heavy atom. The number of hydrogen-bond donors (Lipinski definition) is 1. The van der Waals surface area contributed by atoms with Crippen LogP contribution in [0.3, 0.4) is 0 Å². The highest BCUT2D eigenvalue weighted by Crippen LogP contribution is 2.32. The Kier molecular flexibility index (Phi) is 6.82. The first-order chi connectivity index (χ1) is 13.9. The lowest BCUT2D eigenvalue weighted by Gasteiger charge is -2.32. The average Bonchev–Trinajstić information content (AvgIpc) is 3.23. The van der Waals surface area contributed by atoms with Crippen LogP contribution in [0.5, 0.6) is 0 Å². The molecule has 8 nitrogen and oxygen atoms in total. The first kappa shape index (κ1) is 20.8. The minimum absolute atomic E-state index is 0.0524. The molecule has 1 N–H and O–H groups in total. The van der Waals surface area contributed by atoms with Crippen molar-refractivity contribution in [3.05, 3.63) is 56.3 Å². The Bertz CT molecular complexity index is 884. The van der Waals surface area contributed by atoms with Crippen molar-refractivity contribution in [3.63, 3.8) is 0 Å². The van der Waals surface area contributed by atoms with Crippen LogP contribution in [0.2, 0.25) is 0 Å². The number of amides is 1. The number of nitro benzene ring substituents is 1. The highest BCUT2D eigenvalue weighted by atomic mass is 32.1. The standard InChI is InChI=1S/C20H23N3O5S/c1-14-4-2-8-22(12-14)17-7-6-15(10-18(17)23(26)27)20(25)28-13-19(24)21-11-16-5-3-9-29-16/h3,5-7,9-10,14H,2,4,8,11-13H2,1H3,(H,21,24). The molecule has 9 heteroatoms. The number of rotatable bonds is 7. The Hall–Kier alpha value is -2.94. The van der Waals surface area contributed by atoms with Crippen LogP contribution in [0.15, 0.2) is 35.7 Å². The molecule has 1 aliphatic rings. The summed E-state index contributed by atoms with van der Waals surface area (Å²) in [5.41, 5.74) is 0.430. The van der Waals surface area contributed by atoms with Gasteiger partial charge in [-0.2, -0.15) is 0 Å². The van der Waals surface area contributed by atoms with Gasteiger partial charge in [0.15, 0.2) is 6.61 Å². The molecule has 1 amide bonds. The first-order valence-corrected chi connectivity index (χ1v) is 10.3. The maximum absolute atomic E-state index is 12.3. The van der Waals surface area contributed by atoms with E-state index in [4.69, 9.17) is 4.74 Å². The van der Waals surface area contributed by atoms with Gasteiger partial charge in [-0.05, 0) is 42.3 Å². The van der Waals surface area contributed by atoms with E-state index in [2.05, 4.69) is 12.2 Å². The average molecular weight is 417 g/mol. The lowest BCUT2D eigenvalue weighted by molar-refractivity contribution is -0.384. The first-order valence-electron chi connectivity index (χ1n) is 9.43. The van der Waals surface area contributed by atoms with Gasteiger partial charge in [-0.25, -0.2) is 4.79 Å². The zero-order valence-corrected chi connectivity index (χ0v) is 16.9. The summed E-state index contributed by atoms with van der Waals surface area (Å²) in [4.78, 5) is 38.1. The summed E-state index contributed by atoms with van der Waals surface area (Å²) in [6.45, 7) is 3.54. The zero-order chi connectivity index (χ0) is 20.8. The van der Waals surface area contributed by atoms with E-state index in [9.17, 15) is 19.7 Å². The third-order valence-electron chi connectivity index (χ3n) is 4.78. The van der Waals surface area contributed by atoms with Gasteiger partial charge in [-0.1, -0.05) is 13.0 Å². The minimum Gasteiger partial charge on any atom is -0.452 e. The maximum atomic E-state index is 12.3. The number of anilines is 1. The van der Waals surface area contributed by atoms with Crippen molar-refractivity contribution >= 4 is 34.6 Å². The van der Waals surface area contributed by atoms with Crippen LogP contribution < -0.4 is 10.2 Å². The SMILES string of the molecule is CC1CCCN(c2ccc(C(=O)OCC(=O)NCc3cccs3)cc2[N+](=O)[O-])C1. The smallest absolute Gasteiger partial charge is 0.338 e. The van der Waals surface area contributed by atoms with Crippen LogP contribution in [0.1, 0.15) is 35.0 Å². The van der Waals surface area contributed by atoms with E-state index in [-0.39, 0.29) is 11.3 Å². The van der Waals surface area contributed by atoms with Crippen LogP contribution in [-0.4, -0.2) is 36.5 Å². The molecular weight excluding hydrogens is 394 g/mol. The summed E-state index contributed by atoms with van der Waals surface area (Å²) in [7, 11) is 0. The van der Waals surface area contributed by atoms with Crippen LogP contribution in [-0.2, 0) is 16.1 Å². The Morgan fingerprint density at radius 2 is 2.21 bits per heavy atom. The van der Waals surface area contributed by atoms with Crippen molar-refractivity contribution in [1.29, 1.82) is 0 Å². The van der Waals surface area contributed by atoms with Crippen LogP contribution in [0.4, 0.5) is 11.4 Å². The lowest BCUT2D eigenvalue weighted by Crippen LogP contribution is -2.34. The number of thiophene rings is 1. The summed E-state index contributed by atoms with van der Waals surface area (Å²) in [5.74, 6) is -0.737. The van der Waals surface area contributed by atoms with E-state index >= 15 is 0 Å². The van der Waals surface area contributed by atoms with Crippen molar-refractivity contribution in [1.82, 2.24) is 5.32 Å². The highest BCUT2D eigenvalue weighted by Gasteiger charge is 2.25. The molecule has 1 aliphatic heterocycles. The molecule has 1 unspecified atom stereocenters. The topological polar surface area (TPSA) is 102 Å². The quantitative estimate of drug-likeness (QED) is 0.421. The molecule has 2 aromatic rings. The number of esters is 1. The van der Waals surface area contributed by atoms with Gasteiger partial charge in [-0.15, -0.1) is 11.3 Å². The van der Waals surface area contributed by atoms with E-state index in [1.54, 1.807) is 6.07 Å². The monoisotopic (exact) mass is 417 g/mol. The predicted octanol–water partition coefficient (Wildman–Crippen LogP) is 3.37. The molecule has 0 radical (unpaired) electrons. The number of benzene rings is 1. The fourth-order valence-electron chi connectivity index (χ4n) is 3.34. The van der Waals surface area contributed by atoms with Crippen molar-refractivity contribution < 1.29 is 19.2 Å². The normalized spacial score (nSPS) is 16.3. The number of hydrogen-bond acceptors (Lipinski definition) is 7. The van der Waals surface area contributed by atoms with Gasteiger partial charge in [0.2, 0.25) is 0 Å². The Morgan fingerprint density at radius 3 is 2.90 bits per heavy atom. The zero-order valence-electron chi connectivity index (χ0n) is 16.1. The van der Waals surface area contributed by atoms with Crippen molar-refractivity contribution in [2.45, 2.75) is 26.3 Å². The molecule has 0 saturated carbocycles. The molecule has 0 bridgehead atoms. The summed E-state index contributed by atoms with van der Waals surface area (Å²) in [6.07, 6.45) is 2.08. The maximum Gasteiger partial charge on any atom is 0.338 e. The fraction of sp³-hybridized carbons (Fsp3) is 0.400. The van der Waals surface area contributed by atoms with E-state index in [0.29, 0.717) is 18.2 Å². The largest absolute Gasteiger partial charge is 0.452 e. The molecule has 1 aromatic heterocycles. The molecule has 1 atom stereocenters. The molecular formula is C20H23N3O5S. The molecule has 2 heterocycles. The molecule has 1 aromatic carbocycles. The molecule has 0 spiro atoms. The molecule has 3 rings (SSSR count). The number of piperidine rings is 1. The molecule has 154 valence electrons. The van der Waals surface area contributed by atoms with Crippen LogP contribution >= 0.6 is 11.3 Å². The predicted molar refractivity (Wildman–Crippen MR) is 110 cm³/mol. The fourth-order valence-corrected chi connectivity index (χ4v) is 3.98. The van der Waals surface area contributed by atoms with Crippen LogP contribution in [0, 0.1) is 16.0 Å². The van der Waals surface area contributed by atoms with Crippen molar-refractivity contribution in [2.75, 3.05) is 24.6 Å². The third kappa shape index (κ3) is 5.54. The third-order valence-corrected chi connectivity index (χ3v) is 5.66. The number of nitrogens with zero attached hydrogens (tertiary/aromatic N) is 2. The van der Waals surface area contributed by atoms with E-state index in [1.165, 1.54) is 23.5 Å². The van der Waals surface area contributed by atoms with E-state index in [0.717, 1.165) is 30.8 Å². The molecule has 29 heavy (non-hydrogen) atoms. The number of carbonyl (C=O) groups excluding carboxylic acids is 2. The van der Waals surface area contributed by atoms with Gasteiger partial charge in [0, 0.05) is 24.0 Å². The second-order valence-electron chi connectivity index (χ2n) is 7.09. The van der Waals surface area contributed by atoms with E-state index in [1.807, 2.05) is 22.4 Å². The lowest BCUT2D eigenvalue weighted by atomic mass is 9.99. The van der Waals surface area contributed by atoms with Gasteiger partial charge in [0.05, 0.1) is 17.0 Å². The van der Waals surface area contributed by atoms with Gasteiger partial charge >= 0.3 is 5.97 Å². The Balaban J connectivity index is 1.62. The van der Waals surface area contributed by atoms with Crippen molar-refractivity contribution in [2.24, 2.45) is 5.92 Å². The van der Waals surface area contributed by atoms with Gasteiger partial charge < -0.3 is 15.0 Å². The number of carbonyl (C=O) groups is 2. The van der Waals surface area contributed by atoms with E-state index < -0.39 is 23.4 Å². The van der Waals surface area contributed by atoms with Gasteiger partial charge in [0.1, 0.15) is 5.69 Å². The Labute approximate surface area is 172 Å². The van der Waals surface area contributed by atoms with Gasteiger partial charge in [-0.3, -0.25) is 14.9 Å². The summed E-state index contributed by atoms with van der Waals surface area (Å²) >= 11 is 1.51. The molecule has 0 aliphatic carbocycles. The molecule has 1 saturated heterocycles. The number of ether oxygens (including phenoxy) is 1. The second kappa shape index (κ2) is 9.51. The summed E-state index contributed by atoms with van der Waals surface area (Å²) in [6, 6.07) is 8.09. The summed E-state index contributed by atoms with van der Waals surface area (Å²) < 4.78 is 5.01. The summed E-state index contributed by atoms with van der Waals surface area (Å²) in [5, 5.41) is 16.1. The number of nitro groups is 1. The minimum atomic E-state index is -0.766. The van der Waals surface area contributed by atoms with Crippen molar-refractivity contribution in [3.8, 4) is 0 Å². The van der Waals surface area contributed by atoms with Gasteiger partial charge in [0.25, 0.3) is 11.6 Å². The second-order valence-corrected chi connectivity index (χ2v) is 8.12. The number of nitrogens with one attached hydrogen (secondary N) is 1. The highest BCUT2D eigenvalue weighted by molar-refractivity contribution is 7.09.